The molecule has 1 aromatic carbocycles. The number of hydrogen-bond donors (Lipinski definition) is 1. The average Bonchev–Trinajstić information content (AvgIpc) is 2.59. The van der Waals surface area contributed by atoms with Crippen LogP contribution < -0.4 is 0 Å². The van der Waals surface area contributed by atoms with Crippen molar-refractivity contribution in [3.8, 4) is 0 Å². The fraction of sp³-hybridized carbons (Fsp3) is 0.333. The molecule has 0 saturated carbocycles. The summed E-state index contributed by atoms with van der Waals surface area (Å²) >= 11 is 0. The molecule has 5 nitrogen and oxygen atoms in total. The first-order valence-corrected chi connectivity index (χ1v) is 7.64. The van der Waals surface area contributed by atoms with E-state index >= 15 is 0 Å². The van der Waals surface area contributed by atoms with E-state index in [-0.39, 0.29) is 5.91 Å². The minimum atomic E-state index is -1.15. The summed E-state index contributed by atoms with van der Waals surface area (Å²) in [7, 11) is 3.91. The zero-order valence-electron chi connectivity index (χ0n) is 13.6. The van der Waals surface area contributed by atoms with Crippen LogP contribution in [-0.2, 0) is 11.3 Å². The molecule has 0 spiro atoms. The maximum absolute atomic E-state index is 12.7. The molecule has 1 heterocycles. The van der Waals surface area contributed by atoms with Gasteiger partial charge in [-0.05, 0) is 31.8 Å². The van der Waals surface area contributed by atoms with Gasteiger partial charge in [0.2, 0.25) is 0 Å². The van der Waals surface area contributed by atoms with E-state index in [1.54, 1.807) is 23.2 Å². The summed E-state index contributed by atoms with van der Waals surface area (Å²) in [6, 6.07) is 14.6. The third-order valence-electron chi connectivity index (χ3n) is 3.56. The Morgan fingerprint density at radius 2 is 1.78 bits per heavy atom. The molecule has 1 aromatic heterocycles. The highest BCUT2D eigenvalue weighted by Gasteiger charge is 2.24. The number of nitrogens with zero attached hydrogens (tertiary/aromatic N) is 3. The minimum Gasteiger partial charge on any atom is -0.378 e. The second-order valence-corrected chi connectivity index (χ2v) is 5.70. The molecule has 1 unspecified atom stereocenters. The van der Waals surface area contributed by atoms with Gasteiger partial charge in [0.1, 0.15) is 0 Å². The Hall–Kier alpha value is -2.24. The van der Waals surface area contributed by atoms with Crippen LogP contribution in [0.3, 0.4) is 0 Å². The summed E-state index contributed by atoms with van der Waals surface area (Å²) < 4.78 is 0. The highest BCUT2D eigenvalue weighted by Crippen LogP contribution is 2.16. The highest BCUT2D eigenvalue weighted by molar-refractivity contribution is 5.82. The molecule has 0 fully saturated rings. The van der Waals surface area contributed by atoms with Crippen LogP contribution in [0.5, 0.6) is 0 Å². The van der Waals surface area contributed by atoms with Gasteiger partial charge in [-0.1, -0.05) is 36.4 Å². The summed E-state index contributed by atoms with van der Waals surface area (Å²) in [5.74, 6) is -0.302. The molecule has 0 bridgehead atoms. The molecular formula is C18H23N3O2. The third-order valence-corrected chi connectivity index (χ3v) is 3.56. The van der Waals surface area contributed by atoms with Gasteiger partial charge in [0.05, 0.1) is 12.2 Å². The number of carbonyl (C=O) groups is 1. The van der Waals surface area contributed by atoms with Crippen LogP contribution in [0.15, 0.2) is 54.7 Å². The van der Waals surface area contributed by atoms with Crippen LogP contribution in [0.2, 0.25) is 0 Å². The molecule has 1 atom stereocenters. The van der Waals surface area contributed by atoms with Crippen LogP contribution in [0.25, 0.3) is 0 Å². The number of aromatic nitrogens is 1. The molecule has 5 heteroatoms. The normalized spacial score (nSPS) is 12.2. The van der Waals surface area contributed by atoms with Gasteiger partial charge in [0.15, 0.2) is 6.10 Å². The molecule has 23 heavy (non-hydrogen) atoms. The largest absolute Gasteiger partial charge is 0.378 e. The quantitative estimate of drug-likeness (QED) is 0.845. The van der Waals surface area contributed by atoms with Gasteiger partial charge in [-0.2, -0.15) is 0 Å². The first-order valence-electron chi connectivity index (χ1n) is 7.64. The first kappa shape index (κ1) is 17.1. The molecule has 0 saturated heterocycles. The van der Waals surface area contributed by atoms with Crippen LogP contribution in [-0.4, -0.2) is 53.0 Å². The van der Waals surface area contributed by atoms with Crippen molar-refractivity contribution >= 4 is 5.91 Å². The van der Waals surface area contributed by atoms with E-state index in [4.69, 9.17) is 0 Å². The Balaban J connectivity index is 2.13. The van der Waals surface area contributed by atoms with E-state index in [0.717, 1.165) is 12.2 Å². The van der Waals surface area contributed by atoms with Gasteiger partial charge in [-0.25, -0.2) is 0 Å². The number of aliphatic hydroxyl groups excluding tert-OH is 1. The summed E-state index contributed by atoms with van der Waals surface area (Å²) in [5.41, 5.74) is 1.41. The first-order chi connectivity index (χ1) is 11.1. The molecule has 0 radical (unpaired) electrons. The van der Waals surface area contributed by atoms with Crippen LogP contribution in [0.4, 0.5) is 0 Å². The van der Waals surface area contributed by atoms with Gasteiger partial charge in [-0.15, -0.1) is 0 Å². The molecule has 0 aliphatic carbocycles. The average molecular weight is 313 g/mol. The highest BCUT2D eigenvalue weighted by atomic mass is 16.3. The Bertz CT molecular complexity index is 602. The van der Waals surface area contributed by atoms with Gasteiger partial charge < -0.3 is 14.9 Å². The maximum Gasteiger partial charge on any atom is 0.256 e. The van der Waals surface area contributed by atoms with Crippen molar-refractivity contribution in [3.63, 3.8) is 0 Å². The van der Waals surface area contributed by atoms with E-state index in [1.165, 1.54) is 0 Å². The molecule has 2 aromatic rings. The molecule has 0 aliphatic rings. The minimum absolute atomic E-state index is 0.302. The molecule has 2 rings (SSSR count). The number of aliphatic hydroxyl groups is 1. The lowest BCUT2D eigenvalue weighted by Gasteiger charge is -2.26. The fourth-order valence-electron chi connectivity index (χ4n) is 2.23. The maximum atomic E-state index is 12.7. The van der Waals surface area contributed by atoms with Gasteiger partial charge in [0, 0.05) is 19.3 Å². The number of benzene rings is 1. The van der Waals surface area contributed by atoms with Crippen molar-refractivity contribution in [2.45, 2.75) is 12.6 Å². The standard InChI is InChI=1S/C18H23N3O2/c1-20(2)12-13-21(14-16-10-6-7-11-19-16)18(23)17(22)15-8-4-3-5-9-15/h3-11,17,22H,12-14H2,1-2H3. The van der Waals surface area contributed by atoms with Gasteiger partial charge in [-0.3, -0.25) is 9.78 Å². The number of amides is 1. The molecule has 0 aliphatic heterocycles. The van der Waals surface area contributed by atoms with Crippen molar-refractivity contribution in [2.24, 2.45) is 0 Å². The lowest BCUT2D eigenvalue weighted by molar-refractivity contribution is -0.141. The van der Waals surface area contributed by atoms with Crippen LogP contribution in [0.1, 0.15) is 17.4 Å². The fourth-order valence-corrected chi connectivity index (χ4v) is 2.23. The van der Waals surface area contributed by atoms with Gasteiger partial charge >= 0.3 is 0 Å². The Morgan fingerprint density at radius 3 is 2.39 bits per heavy atom. The predicted molar refractivity (Wildman–Crippen MR) is 89.6 cm³/mol. The van der Waals surface area contributed by atoms with Crippen LogP contribution in [0, 0.1) is 0 Å². The topological polar surface area (TPSA) is 56.7 Å². The second kappa shape index (κ2) is 8.41. The Kier molecular flexibility index (Phi) is 6.26. The van der Waals surface area contributed by atoms with Crippen molar-refractivity contribution in [2.75, 3.05) is 27.2 Å². The van der Waals surface area contributed by atoms with E-state index in [1.807, 2.05) is 55.4 Å². The molecular weight excluding hydrogens is 290 g/mol. The number of hydrogen-bond acceptors (Lipinski definition) is 4. The SMILES string of the molecule is CN(C)CCN(Cc1ccccn1)C(=O)C(O)c1ccccc1. The van der Waals surface area contributed by atoms with Crippen molar-refractivity contribution in [3.05, 3.63) is 66.0 Å². The van der Waals surface area contributed by atoms with E-state index in [0.29, 0.717) is 18.7 Å². The summed E-state index contributed by atoms with van der Waals surface area (Å²) in [4.78, 5) is 20.6. The Labute approximate surface area is 137 Å². The number of likely N-dealkylation sites (N-methyl/N-ethyl adjacent to an activating group) is 1. The monoisotopic (exact) mass is 313 g/mol. The second-order valence-electron chi connectivity index (χ2n) is 5.70. The summed E-state index contributed by atoms with van der Waals surface area (Å²) in [6.07, 6.45) is 0.555. The Morgan fingerprint density at radius 1 is 1.09 bits per heavy atom. The van der Waals surface area contributed by atoms with Crippen molar-refractivity contribution < 1.29 is 9.90 Å². The lowest BCUT2D eigenvalue weighted by Crippen LogP contribution is -2.39. The van der Waals surface area contributed by atoms with E-state index in [2.05, 4.69) is 4.98 Å². The number of pyridine rings is 1. The zero-order chi connectivity index (χ0) is 16.7. The van der Waals surface area contributed by atoms with Gasteiger partial charge in [0.25, 0.3) is 5.91 Å². The number of carbonyl (C=O) groups excluding carboxylic acids is 1. The summed E-state index contributed by atoms with van der Waals surface area (Å²) in [5, 5.41) is 10.4. The lowest BCUT2D eigenvalue weighted by atomic mass is 10.1. The smallest absolute Gasteiger partial charge is 0.256 e. The third kappa shape index (κ3) is 5.16. The number of rotatable bonds is 7. The zero-order valence-corrected chi connectivity index (χ0v) is 13.6. The van der Waals surface area contributed by atoms with Crippen LogP contribution >= 0.6 is 0 Å². The van der Waals surface area contributed by atoms with E-state index < -0.39 is 6.10 Å². The predicted octanol–water partition coefficient (Wildman–Crippen LogP) is 1.71. The van der Waals surface area contributed by atoms with Crippen molar-refractivity contribution in [1.82, 2.24) is 14.8 Å². The summed E-state index contributed by atoms with van der Waals surface area (Å²) in [6.45, 7) is 1.64. The van der Waals surface area contributed by atoms with Crippen molar-refractivity contribution in [1.29, 1.82) is 0 Å². The molecule has 122 valence electrons. The van der Waals surface area contributed by atoms with E-state index in [9.17, 15) is 9.90 Å². The molecule has 1 N–H and O–H groups in total. The molecule has 1 amide bonds.